The van der Waals surface area contributed by atoms with Crippen molar-refractivity contribution in [3.05, 3.63) is 77.1 Å². The molecule has 0 spiro atoms. The summed E-state index contributed by atoms with van der Waals surface area (Å²) >= 11 is 5.59. The molecule has 12 heteroatoms. The molecule has 0 bridgehead atoms. The van der Waals surface area contributed by atoms with Crippen molar-refractivity contribution < 1.29 is 32.3 Å². The maximum Gasteiger partial charge on any atom is 0.417 e. The Balaban J connectivity index is 0.000000616. The Hall–Kier alpha value is -6.32. The van der Waals surface area contributed by atoms with Crippen molar-refractivity contribution in [2.75, 3.05) is 17.2 Å². The van der Waals surface area contributed by atoms with E-state index in [0.29, 0.717) is 43.0 Å². The van der Waals surface area contributed by atoms with Gasteiger partial charge in [0.15, 0.2) is 0 Å². The number of urea groups is 1. The summed E-state index contributed by atoms with van der Waals surface area (Å²) in [4.78, 5) is 39.5. The summed E-state index contributed by atoms with van der Waals surface area (Å²) in [5, 5.41) is 7.11. The molecule has 0 radical (unpaired) electrons. The fourth-order valence-electron chi connectivity index (χ4n) is 3.56. The first-order chi connectivity index (χ1) is 23.9. The lowest BCUT2D eigenvalue weighted by atomic mass is 10.2. The number of pyridine rings is 1. The number of alkyl halides is 3. The van der Waals surface area contributed by atoms with Gasteiger partial charge in [0.1, 0.15) is 23.0 Å². The van der Waals surface area contributed by atoms with Gasteiger partial charge in [-0.2, -0.15) is 13.2 Å². The zero-order chi connectivity index (χ0) is 36.8. The minimum atomic E-state index is -4.66. The van der Waals surface area contributed by atoms with E-state index in [2.05, 4.69) is 80.1 Å². The molecule has 2 aromatic carbocycles. The van der Waals surface area contributed by atoms with Crippen LogP contribution in [0, 0.1) is 59.2 Å². The van der Waals surface area contributed by atoms with Crippen LogP contribution in [0.4, 0.5) is 29.3 Å². The number of anilines is 2. The quantitative estimate of drug-likeness (QED) is 0.148. The van der Waals surface area contributed by atoms with E-state index in [4.69, 9.17) is 16.3 Å². The number of hydrogen-bond donors (Lipinski definition) is 3. The second-order valence-electron chi connectivity index (χ2n) is 9.69. The Morgan fingerprint density at radius 2 is 1.36 bits per heavy atom. The van der Waals surface area contributed by atoms with Crippen LogP contribution in [0.5, 0.6) is 11.5 Å². The summed E-state index contributed by atoms with van der Waals surface area (Å²) in [6, 6.07) is 11.6. The van der Waals surface area contributed by atoms with Crippen LogP contribution in [-0.4, -0.2) is 29.3 Å². The Morgan fingerprint density at radius 1 is 0.780 bits per heavy atom. The van der Waals surface area contributed by atoms with Crippen molar-refractivity contribution >= 4 is 40.7 Å². The topological polar surface area (TPSA) is 109 Å². The average Bonchev–Trinajstić information content (AvgIpc) is 3.07. The lowest BCUT2D eigenvalue weighted by Crippen LogP contribution is -2.25. The van der Waals surface area contributed by atoms with Gasteiger partial charge in [0.25, 0.3) is 5.91 Å². The Labute approximate surface area is 293 Å². The van der Waals surface area contributed by atoms with E-state index in [0.717, 1.165) is 12.1 Å². The summed E-state index contributed by atoms with van der Waals surface area (Å²) in [6.07, 6.45) is -1.38. The van der Waals surface area contributed by atoms with Gasteiger partial charge in [0.05, 0.1) is 10.6 Å². The third-order valence-corrected chi connectivity index (χ3v) is 6.10. The smallest absolute Gasteiger partial charge is 0.417 e. The lowest BCUT2D eigenvalue weighted by Gasteiger charge is -2.12. The third kappa shape index (κ3) is 16.0. The number of nitrogens with zero attached hydrogens (tertiary/aromatic N) is 1. The number of carbonyl (C=O) groups is 3. The first-order valence-electron chi connectivity index (χ1n) is 14.7. The van der Waals surface area contributed by atoms with E-state index < -0.39 is 22.8 Å². The van der Waals surface area contributed by atoms with Crippen LogP contribution in [-0.2, 0) is 11.0 Å². The number of ketones is 1. The van der Waals surface area contributed by atoms with Crippen molar-refractivity contribution in [3.63, 3.8) is 0 Å². The molecular weight excluding hydrogens is 669 g/mol. The van der Waals surface area contributed by atoms with Gasteiger partial charge in [-0.15, -0.1) is 0 Å². The van der Waals surface area contributed by atoms with Crippen LogP contribution < -0.4 is 20.7 Å². The van der Waals surface area contributed by atoms with E-state index in [-0.39, 0.29) is 23.1 Å². The number of carbonyl (C=O) groups excluding carboxylic acids is 3. The van der Waals surface area contributed by atoms with Crippen LogP contribution in [0.2, 0.25) is 5.02 Å². The van der Waals surface area contributed by atoms with Gasteiger partial charge in [-0.1, -0.05) is 23.4 Å². The van der Waals surface area contributed by atoms with Gasteiger partial charge in [-0.25, -0.2) is 4.79 Å². The minimum absolute atomic E-state index is 0.0761. The molecule has 0 unspecified atom stereocenters. The molecule has 0 aliphatic rings. The molecule has 3 N–H and O–H groups in total. The number of hydrogen-bond acceptors (Lipinski definition) is 5. The fraction of sp³-hybridized carbons (Fsp3) is 0.211. The molecular formula is C38H30ClF3N4O4. The average molecular weight is 699 g/mol. The fourth-order valence-corrected chi connectivity index (χ4v) is 3.78. The number of rotatable bonds is 10. The third-order valence-electron chi connectivity index (χ3n) is 5.77. The van der Waals surface area contributed by atoms with Gasteiger partial charge in [-0.05, 0) is 130 Å². The molecule has 0 aliphatic carbocycles. The van der Waals surface area contributed by atoms with Gasteiger partial charge >= 0.3 is 12.2 Å². The molecule has 0 atom stereocenters. The Kier molecular flexibility index (Phi) is 17.2. The number of amides is 3. The maximum absolute atomic E-state index is 13.0. The van der Waals surface area contributed by atoms with Gasteiger partial charge in [0.2, 0.25) is 0 Å². The molecule has 3 rings (SSSR count). The molecule has 0 saturated heterocycles. The molecule has 0 saturated carbocycles. The number of benzene rings is 2. The number of aromatic nitrogens is 1. The largest absolute Gasteiger partial charge is 0.457 e. The SMILES string of the molecule is CC#CC#CC#CC#CC#CC.CC(=O)CCCCNC(=O)c1cc(Oc2ccc(NC(=O)Nc3ccc(Cl)c(C(F)(F)F)c3)cc2)ccn1. The molecule has 3 amide bonds. The van der Waals surface area contributed by atoms with Crippen molar-refractivity contribution in [3.8, 4) is 70.7 Å². The highest BCUT2D eigenvalue weighted by molar-refractivity contribution is 6.31. The first kappa shape index (κ1) is 39.9. The Morgan fingerprint density at radius 3 is 1.94 bits per heavy atom. The summed E-state index contributed by atoms with van der Waals surface area (Å²) in [5.41, 5.74) is -0.605. The molecule has 1 heterocycles. The molecule has 0 aliphatic heterocycles. The standard InChI is InChI=1S/C26H24ClF3N4O4.C12H6/c1-16(35)4-2-3-12-32-24(36)23-15-20(11-13-31-23)38-19-8-5-17(6-9-19)33-25(37)34-18-7-10-22(27)21(14-18)26(28,29)30;1-3-5-7-9-11-12-10-8-6-4-2/h5-11,13-15H,2-4,12H2,1H3,(H,32,36)(H2,33,34,37);1-2H3. The van der Waals surface area contributed by atoms with Crippen molar-refractivity contribution in [1.29, 1.82) is 0 Å². The summed E-state index contributed by atoms with van der Waals surface area (Å²) in [6.45, 7) is 5.39. The van der Waals surface area contributed by atoms with E-state index in [1.807, 2.05) is 0 Å². The molecule has 3 aromatic rings. The zero-order valence-electron chi connectivity index (χ0n) is 27.2. The molecule has 8 nitrogen and oxygen atoms in total. The van der Waals surface area contributed by atoms with Crippen molar-refractivity contribution in [2.24, 2.45) is 0 Å². The van der Waals surface area contributed by atoms with Crippen LogP contribution in [0.3, 0.4) is 0 Å². The molecule has 50 heavy (non-hydrogen) atoms. The summed E-state index contributed by atoms with van der Waals surface area (Å²) in [5.74, 6) is 26.1. The van der Waals surface area contributed by atoms with Gasteiger partial charge < -0.3 is 25.5 Å². The highest BCUT2D eigenvalue weighted by Crippen LogP contribution is 2.36. The highest BCUT2D eigenvalue weighted by atomic mass is 35.5. The number of nitrogens with one attached hydrogen (secondary N) is 3. The van der Waals surface area contributed by atoms with Crippen LogP contribution in [0.1, 0.15) is 56.1 Å². The highest BCUT2D eigenvalue weighted by Gasteiger charge is 2.33. The number of halogens is 4. The predicted molar refractivity (Wildman–Crippen MR) is 187 cm³/mol. The summed E-state index contributed by atoms with van der Waals surface area (Å²) in [7, 11) is 0. The van der Waals surface area contributed by atoms with E-state index in [9.17, 15) is 27.6 Å². The van der Waals surface area contributed by atoms with E-state index in [1.165, 1.54) is 37.4 Å². The van der Waals surface area contributed by atoms with Crippen LogP contribution in [0.15, 0.2) is 60.8 Å². The van der Waals surface area contributed by atoms with E-state index in [1.54, 1.807) is 32.0 Å². The lowest BCUT2D eigenvalue weighted by molar-refractivity contribution is -0.137. The normalized spacial score (nSPS) is 9.26. The van der Waals surface area contributed by atoms with Crippen molar-refractivity contribution in [2.45, 2.75) is 46.2 Å². The van der Waals surface area contributed by atoms with Crippen LogP contribution in [0.25, 0.3) is 0 Å². The Bertz CT molecular complexity index is 1950. The first-order valence-corrected chi connectivity index (χ1v) is 15.1. The molecule has 254 valence electrons. The number of unbranched alkanes of at least 4 members (excludes halogenated alkanes) is 1. The number of Topliss-reactive ketones (excluding diaryl/α,β-unsaturated/α-hetero) is 1. The van der Waals surface area contributed by atoms with Gasteiger partial charge in [0, 0.05) is 36.6 Å². The van der Waals surface area contributed by atoms with Gasteiger partial charge in [-0.3, -0.25) is 9.78 Å². The van der Waals surface area contributed by atoms with Crippen LogP contribution >= 0.6 is 11.6 Å². The number of ether oxygens (including phenoxy) is 1. The van der Waals surface area contributed by atoms with E-state index >= 15 is 0 Å². The zero-order valence-corrected chi connectivity index (χ0v) is 27.9. The summed E-state index contributed by atoms with van der Waals surface area (Å²) < 4.78 is 44.8. The molecule has 0 fully saturated rings. The predicted octanol–water partition coefficient (Wildman–Crippen LogP) is 7.72. The van der Waals surface area contributed by atoms with Crippen molar-refractivity contribution in [1.82, 2.24) is 10.3 Å². The molecule has 1 aromatic heterocycles. The second kappa shape index (κ2) is 21.5. The minimum Gasteiger partial charge on any atom is -0.457 e. The second-order valence-corrected chi connectivity index (χ2v) is 10.1. The maximum atomic E-state index is 13.0. The monoisotopic (exact) mass is 698 g/mol.